The van der Waals surface area contributed by atoms with Gasteiger partial charge in [-0.3, -0.25) is 14.8 Å². The van der Waals surface area contributed by atoms with E-state index in [1.54, 1.807) is 4.90 Å². The van der Waals surface area contributed by atoms with Crippen molar-refractivity contribution in [1.29, 1.82) is 0 Å². The van der Waals surface area contributed by atoms with E-state index in [0.29, 0.717) is 29.9 Å². The number of nitrogens with one attached hydrogen (secondary N) is 2. The number of halogens is 4. The van der Waals surface area contributed by atoms with E-state index in [9.17, 15) is 27.2 Å². The highest BCUT2D eigenvalue weighted by atomic mass is 19.4. The van der Waals surface area contributed by atoms with Gasteiger partial charge in [-0.15, -0.1) is 0 Å². The molecule has 0 aliphatic carbocycles. The third-order valence-electron chi connectivity index (χ3n) is 7.66. The van der Waals surface area contributed by atoms with Crippen molar-refractivity contribution in [3.63, 3.8) is 0 Å². The van der Waals surface area contributed by atoms with Gasteiger partial charge in [-0.1, -0.05) is 6.07 Å². The molecule has 1 aromatic carbocycles. The van der Waals surface area contributed by atoms with Gasteiger partial charge in [0.1, 0.15) is 5.82 Å². The number of hydrogen-bond donors (Lipinski definition) is 2. The number of carbonyl (C=O) groups is 2. The zero-order valence-corrected chi connectivity index (χ0v) is 20.2. The van der Waals surface area contributed by atoms with Crippen molar-refractivity contribution >= 4 is 17.8 Å². The van der Waals surface area contributed by atoms with Gasteiger partial charge in [-0.2, -0.15) is 18.3 Å². The van der Waals surface area contributed by atoms with Crippen LogP contribution in [0.2, 0.25) is 0 Å². The summed E-state index contributed by atoms with van der Waals surface area (Å²) in [6.07, 6.45) is -2.74. The smallest absolute Gasteiger partial charge is 0.319 e. The molecule has 1 aromatic heterocycles. The summed E-state index contributed by atoms with van der Waals surface area (Å²) in [4.78, 5) is 32.4. The topological polar surface area (TPSA) is 84.6 Å². The van der Waals surface area contributed by atoms with Crippen molar-refractivity contribution in [3.05, 3.63) is 46.4 Å². The number of rotatable bonds is 2. The predicted octanol–water partition coefficient (Wildman–Crippen LogP) is 4.16. The largest absolute Gasteiger partial charge is 0.417 e. The van der Waals surface area contributed by atoms with E-state index in [2.05, 4.69) is 20.4 Å². The highest BCUT2D eigenvalue weighted by Crippen LogP contribution is 2.42. The molecule has 36 heavy (non-hydrogen) atoms. The molecule has 0 radical (unpaired) electrons. The van der Waals surface area contributed by atoms with Gasteiger partial charge in [0.25, 0.3) is 5.91 Å². The highest BCUT2D eigenvalue weighted by Gasteiger charge is 2.47. The summed E-state index contributed by atoms with van der Waals surface area (Å²) < 4.78 is 54.5. The lowest BCUT2D eigenvalue weighted by Crippen LogP contribution is -2.60. The summed E-state index contributed by atoms with van der Waals surface area (Å²) in [6.45, 7) is 8.30. The fourth-order valence-corrected chi connectivity index (χ4v) is 5.70. The first-order valence-corrected chi connectivity index (χ1v) is 12.0. The molecule has 2 aromatic rings. The zero-order valence-electron chi connectivity index (χ0n) is 20.2. The van der Waals surface area contributed by atoms with Crippen LogP contribution in [0.15, 0.2) is 18.2 Å². The van der Waals surface area contributed by atoms with Crippen molar-refractivity contribution in [2.45, 2.75) is 64.0 Å². The van der Waals surface area contributed by atoms with Gasteiger partial charge in [-0.25, -0.2) is 9.18 Å². The number of H-pyrrole nitrogens is 1. The number of nitrogens with zero attached hydrogens (tertiary/aromatic N) is 4. The second kappa shape index (κ2) is 8.46. The first-order valence-electron chi connectivity index (χ1n) is 12.0. The van der Waals surface area contributed by atoms with Crippen LogP contribution in [0.3, 0.4) is 0 Å². The van der Waals surface area contributed by atoms with Crippen molar-refractivity contribution in [2.24, 2.45) is 0 Å². The molecular formula is C24H28F4N6O2. The quantitative estimate of drug-likeness (QED) is 0.597. The normalized spacial score (nSPS) is 23.5. The Morgan fingerprint density at radius 2 is 1.97 bits per heavy atom. The number of fused-ring (bicyclic) bond motifs is 2. The number of amides is 3. The molecule has 0 saturated carbocycles. The van der Waals surface area contributed by atoms with Gasteiger partial charge in [0, 0.05) is 30.7 Å². The Hall–Kier alpha value is -3.15. The lowest BCUT2D eigenvalue weighted by atomic mass is 10.0. The molecule has 0 spiro atoms. The summed E-state index contributed by atoms with van der Waals surface area (Å²) in [5.74, 6) is -2.57. The minimum atomic E-state index is -4.91. The number of aromatic nitrogens is 2. The summed E-state index contributed by atoms with van der Waals surface area (Å²) in [5.41, 5.74) is -2.22. The molecule has 2 fully saturated rings. The Morgan fingerprint density at radius 3 is 2.69 bits per heavy atom. The number of urea groups is 1. The zero-order chi connectivity index (χ0) is 26.0. The average molecular weight is 509 g/mol. The Bertz CT molecular complexity index is 1210. The van der Waals surface area contributed by atoms with Crippen molar-refractivity contribution in [1.82, 2.24) is 24.9 Å². The maximum atomic E-state index is 14.3. The summed E-state index contributed by atoms with van der Waals surface area (Å²) >= 11 is 0. The fraction of sp³-hybridized carbons (Fsp3) is 0.542. The number of benzene rings is 1. The standard InChI is InChI=1S/C24H28F4N6O2/c1-13-10-32-9-5-6-14(32)11-33(13)22(36)34-12-15-19(23(34,2)3)30-31-20(15)29-21(35)18-16(24(26,27)28)7-4-8-17(18)25/h4,7-8,13-14H,5-6,9-12H2,1-3H3,(H2,29,30,31,35)/t13-,14-/m0/s1. The van der Waals surface area contributed by atoms with E-state index in [0.717, 1.165) is 38.1 Å². The van der Waals surface area contributed by atoms with Gasteiger partial charge in [0.2, 0.25) is 0 Å². The Labute approximate surface area is 205 Å². The monoisotopic (exact) mass is 508 g/mol. The van der Waals surface area contributed by atoms with Gasteiger partial charge in [0.05, 0.1) is 28.9 Å². The Morgan fingerprint density at radius 1 is 1.22 bits per heavy atom. The molecular weight excluding hydrogens is 480 g/mol. The number of hydrogen-bond acceptors (Lipinski definition) is 4. The van der Waals surface area contributed by atoms with E-state index in [1.165, 1.54) is 0 Å². The summed E-state index contributed by atoms with van der Waals surface area (Å²) in [6, 6.07) is 2.58. The van der Waals surface area contributed by atoms with E-state index >= 15 is 0 Å². The number of aromatic amines is 1. The molecule has 3 aliphatic rings. The Balaban J connectivity index is 1.39. The van der Waals surface area contributed by atoms with Gasteiger partial charge in [-0.05, 0) is 52.3 Å². The van der Waals surface area contributed by atoms with Crippen LogP contribution in [-0.2, 0) is 18.3 Å². The second-order valence-corrected chi connectivity index (χ2v) is 10.3. The molecule has 5 rings (SSSR count). The molecule has 194 valence electrons. The molecule has 2 atom stereocenters. The van der Waals surface area contributed by atoms with Crippen LogP contribution in [0.1, 0.15) is 60.8 Å². The first-order chi connectivity index (χ1) is 16.9. The molecule has 2 N–H and O–H groups in total. The van der Waals surface area contributed by atoms with Crippen LogP contribution in [0.25, 0.3) is 0 Å². The molecule has 0 bridgehead atoms. The molecule has 8 nitrogen and oxygen atoms in total. The van der Waals surface area contributed by atoms with Crippen molar-refractivity contribution in [2.75, 3.05) is 25.0 Å². The summed E-state index contributed by atoms with van der Waals surface area (Å²) in [5, 5.41) is 9.22. The van der Waals surface area contributed by atoms with Crippen LogP contribution in [0, 0.1) is 5.82 Å². The number of anilines is 1. The van der Waals surface area contributed by atoms with E-state index in [1.807, 2.05) is 25.7 Å². The third kappa shape index (κ3) is 3.91. The molecule has 0 unspecified atom stereocenters. The molecule has 12 heteroatoms. The van der Waals surface area contributed by atoms with E-state index < -0.39 is 34.6 Å². The van der Waals surface area contributed by atoms with Crippen molar-refractivity contribution in [3.8, 4) is 0 Å². The molecule has 3 amide bonds. The second-order valence-electron chi connectivity index (χ2n) is 10.3. The average Bonchev–Trinajstić information content (AvgIpc) is 3.48. The number of piperazine rings is 1. The minimum Gasteiger partial charge on any atom is -0.319 e. The van der Waals surface area contributed by atoms with E-state index in [-0.39, 0.29) is 24.4 Å². The third-order valence-corrected chi connectivity index (χ3v) is 7.66. The van der Waals surface area contributed by atoms with Gasteiger partial charge < -0.3 is 15.1 Å². The maximum Gasteiger partial charge on any atom is 0.417 e. The van der Waals surface area contributed by atoms with Crippen molar-refractivity contribution < 1.29 is 27.2 Å². The molecule has 4 heterocycles. The van der Waals surface area contributed by atoms with Crippen LogP contribution in [-0.4, -0.2) is 68.6 Å². The highest BCUT2D eigenvalue weighted by molar-refractivity contribution is 6.05. The van der Waals surface area contributed by atoms with Gasteiger partial charge >= 0.3 is 12.2 Å². The molecule has 2 saturated heterocycles. The van der Waals surface area contributed by atoms with Crippen LogP contribution < -0.4 is 5.32 Å². The first kappa shape index (κ1) is 24.5. The number of alkyl halides is 3. The lowest BCUT2D eigenvalue weighted by molar-refractivity contribution is -0.138. The van der Waals surface area contributed by atoms with Gasteiger partial charge in [0.15, 0.2) is 5.82 Å². The lowest BCUT2D eigenvalue weighted by Gasteiger charge is -2.45. The predicted molar refractivity (Wildman–Crippen MR) is 123 cm³/mol. The maximum absolute atomic E-state index is 14.3. The van der Waals surface area contributed by atoms with Crippen LogP contribution in [0.4, 0.5) is 28.2 Å². The fourth-order valence-electron chi connectivity index (χ4n) is 5.70. The number of carbonyl (C=O) groups excluding carboxylic acids is 2. The van der Waals surface area contributed by atoms with Crippen LogP contribution >= 0.6 is 0 Å². The molecule has 3 aliphatic heterocycles. The Kier molecular flexibility index (Phi) is 5.77. The van der Waals surface area contributed by atoms with Crippen LogP contribution in [0.5, 0.6) is 0 Å². The SMILES string of the molecule is C[C@H]1CN2CCC[C@H]2CN1C(=O)N1Cc2c(NC(=O)c3c(F)cccc3C(F)(F)F)n[nH]c2C1(C)C. The summed E-state index contributed by atoms with van der Waals surface area (Å²) in [7, 11) is 0. The van der Waals surface area contributed by atoms with E-state index in [4.69, 9.17) is 0 Å². The minimum absolute atomic E-state index is 0.0246.